The second-order valence-electron chi connectivity index (χ2n) is 4.12. The van der Waals surface area contributed by atoms with E-state index in [2.05, 4.69) is 34.0 Å². The lowest BCUT2D eigenvalue weighted by Crippen LogP contribution is -2.28. The molecule has 0 aliphatic carbocycles. The predicted octanol–water partition coefficient (Wildman–Crippen LogP) is 2.85. The molecule has 3 rings (SSSR count). The van der Waals surface area contributed by atoms with E-state index in [0.29, 0.717) is 0 Å². The van der Waals surface area contributed by atoms with E-state index in [1.54, 1.807) is 11.3 Å². The van der Waals surface area contributed by atoms with Gasteiger partial charge in [-0.3, -0.25) is 10.8 Å². The number of nitrogens with one attached hydrogen (secondary N) is 1. The first kappa shape index (κ1) is 11.3. The van der Waals surface area contributed by atoms with Crippen molar-refractivity contribution in [2.75, 3.05) is 0 Å². The fraction of sp³-hybridized carbons (Fsp3) is 0.0714. The minimum atomic E-state index is -0.00615. The highest BCUT2D eigenvalue weighted by Crippen LogP contribution is 2.25. The molecule has 0 bridgehead atoms. The van der Waals surface area contributed by atoms with Gasteiger partial charge in [0.1, 0.15) is 0 Å². The number of rotatable bonds is 3. The van der Waals surface area contributed by atoms with Crippen molar-refractivity contribution in [2.45, 2.75) is 6.04 Å². The van der Waals surface area contributed by atoms with Crippen LogP contribution in [0.15, 0.2) is 53.4 Å². The molecule has 0 aliphatic rings. The number of fused-ring (bicyclic) bond motifs is 1. The average molecular weight is 255 g/mol. The van der Waals surface area contributed by atoms with Crippen molar-refractivity contribution >= 4 is 22.2 Å². The molecule has 1 atom stereocenters. The Balaban J connectivity index is 2.07. The van der Waals surface area contributed by atoms with Crippen molar-refractivity contribution in [1.82, 2.24) is 10.4 Å². The van der Waals surface area contributed by atoms with Gasteiger partial charge >= 0.3 is 0 Å². The van der Waals surface area contributed by atoms with Crippen LogP contribution < -0.4 is 11.3 Å². The molecule has 0 spiro atoms. The number of pyridine rings is 1. The molecular weight excluding hydrogens is 242 g/mol. The molecule has 3 nitrogen and oxygen atoms in total. The summed E-state index contributed by atoms with van der Waals surface area (Å²) < 4.78 is 0. The topological polar surface area (TPSA) is 50.9 Å². The van der Waals surface area contributed by atoms with Crippen molar-refractivity contribution in [1.29, 1.82) is 0 Å². The molecular formula is C14H13N3S. The molecule has 0 saturated carbocycles. The van der Waals surface area contributed by atoms with Crippen LogP contribution >= 0.6 is 11.3 Å². The molecule has 3 aromatic rings. The van der Waals surface area contributed by atoms with E-state index in [-0.39, 0.29) is 6.04 Å². The second kappa shape index (κ2) is 4.86. The van der Waals surface area contributed by atoms with Crippen LogP contribution in [0.5, 0.6) is 0 Å². The van der Waals surface area contributed by atoms with Crippen LogP contribution in [0.2, 0.25) is 0 Å². The Morgan fingerprint density at radius 1 is 1.17 bits per heavy atom. The summed E-state index contributed by atoms with van der Waals surface area (Å²) in [6.07, 6.45) is 1.88. The van der Waals surface area contributed by atoms with Crippen molar-refractivity contribution in [2.24, 2.45) is 5.84 Å². The number of nitrogens with two attached hydrogens (primary N) is 1. The van der Waals surface area contributed by atoms with Crippen molar-refractivity contribution in [3.63, 3.8) is 0 Å². The number of para-hydroxylation sites is 1. The number of nitrogens with zero attached hydrogens (tertiary/aromatic N) is 1. The van der Waals surface area contributed by atoms with Gasteiger partial charge < -0.3 is 0 Å². The van der Waals surface area contributed by atoms with Crippen molar-refractivity contribution in [3.05, 3.63) is 64.5 Å². The molecule has 1 aromatic carbocycles. The minimum Gasteiger partial charge on any atom is -0.271 e. The fourth-order valence-corrected chi connectivity index (χ4v) is 2.76. The molecule has 0 saturated heterocycles. The summed E-state index contributed by atoms with van der Waals surface area (Å²) in [6.45, 7) is 0. The Kier molecular flexibility index (Phi) is 3.06. The van der Waals surface area contributed by atoms with Gasteiger partial charge in [0.2, 0.25) is 0 Å². The lowest BCUT2D eigenvalue weighted by Gasteiger charge is -2.15. The van der Waals surface area contributed by atoms with Crippen LogP contribution in [-0.4, -0.2) is 4.98 Å². The van der Waals surface area contributed by atoms with E-state index in [1.807, 2.05) is 29.8 Å². The van der Waals surface area contributed by atoms with Crippen LogP contribution in [0, 0.1) is 0 Å². The summed E-state index contributed by atoms with van der Waals surface area (Å²) in [7, 11) is 0. The SMILES string of the molecule is NNC(c1ccsc1)c1cnc2ccccc2c1. The summed E-state index contributed by atoms with van der Waals surface area (Å²) in [4.78, 5) is 4.47. The molecule has 0 radical (unpaired) electrons. The summed E-state index contributed by atoms with van der Waals surface area (Å²) >= 11 is 1.67. The monoisotopic (exact) mass is 255 g/mol. The molecule has 3 N–H and O–H groups in total. The standard InChI is InChI=1S/C14H13N3S/c15-17-14(11-5-6-18-9-11)12-7-10-3-1-2-4-13(10)16-8-12/h1-9,14,17H,15H2. The Hall–Kier alpha value is -1.75. The smallest absolute Gasteiger partial charge is 0.0733 e. The highest BCUT2D eigenvalue weighted by atomic mass is 32.1. The number of thiophene rings is 1. The summed E-state index contributed by atoms with van der Waals surface area (Å²) in [6, 6.07) is 12.3. The normalized spacial score (nSPS) is 12.7. The zero-order valence-corrected chi connectivity index (χ0v) is 10.5. The summed E-state index contributed by atoms with van der Waals surface area (Å²) in [5.74, 6) is 5.67. The van der Waals surface area contributed by atoms with Gasteiger partial charge in [-0.1, -0.05) is 18.2 Å². The van der Waals surface area contributed by atoms with Gasteiger partial charge in [-0.05, 0) is 40.1 Å². The highest BCUT2D eigenvalue weighted by Gasteiger charge is 2.13. The van der Waals surface area contributed by atoms with Gasteiger partial charge in [-0.15, -0.1) is 0 Å². The average Bonchev–Trinajstić information content (AvgIpc) is 2.93. The van der Waals surface area contributed by atoms with E-state index >= 15 is 0 Å². The number of hydrogen-bond donors (Lipinski definition) is 2. The number of hydrogen-bond acceptors (Lipinski definition) is 4. The lowest BCUT2D eigenvalue weighted by molar-refractivity contribution is 0.637. The first-order valence-corrected chi connectivity index (χ1v) is 6.65. The highest BCUT2D eigenvalue weighted by molar-refractivity contribution is 7.08. The van der Waals surface area contributed by atoms with Gasteiger partial charge in [0, 0.05) is 11.6 Å². The van der Waals surface area contributed by atoms with Gasteiger partial charge in [-0.2, -0.15) is 11.3 Å². The number of aromatic nitrogens is 1. The molecule has 0 amide bonds. The molecule has 0 aliphatic heterocycles. The maximum atomic E-state index is 5.67. The van der Waals surface area contributed by atoms with E-state index in [9.17, 15) is 0 Å². The number of hydrazine groups is 1. The van der Waals surface area contributed by atoms with Crippen LogP contribution in [0.1, 0.15) is 17.2 Å². The maximum Gasteiger partial charge on any atom is 0.0733 e. The Bertz CT molecular complexity index is 649. The Morgan fingerprint density at radius 3 is 2.83 bits per heavy atom. The fourth-order valence-electron chi connectivity index (χ4n) is 2.07. The molecule has 1 unspecified atom stereocenters. The first-order chi connectivity index (χ1) is 8.88. The second-order valence-corrected chi connectivity index (χ2v) is 4.90. The van der Waals surface area contributed by atoms with E-state index < -0.39 is 0 Å². The van der Waals surface area contributed by atoms with E-state index in [0.717, 1.165) is 16.5 Å². The quantitative estimate of drug-likeness (QED) is 0.559. The third kappa shape index (κ3) is 2.01. The van der Waals surface area contributed by atoms with Crippen LogP contribution in [0.4, 0.5) is 0 Å². The molecule has 2 aromatic heterocycles. The number of benzene rings is 1. The minimum absolute atomic E-state index is 0.00615. The Labute approximate surface area is 109 Å². The van der Waals surface area contributed by atoms with Crippen molar-refractivity contribution in [3.8, 4) is 0 Å². The molecule has 18 heavy (non-hydrogen) atoms. The Morgan fingerprint density at radius 2 is 2.06 bits per heavy atom. The zero-order chi connectivity index (χ0) is 12.4. The maximum absolute atomic E-state index is 5.67. The van der Waals surface area contributed by atoms with Crippen LogP contribution in [0.3, 0.4) is 0 Å². The van der Waals surface area contributed by atoms with Gasteiger partial charge in [0.15, 0.2) is 0 Å². The van der Waals surface area contributed by atoms with Crippen LogP contribution in [0.25, 0.3) is 10.9 Å². The molecule has 4 heteroatoms. The molecule has 2 heterocycles. The third-order valence-electron chi connectivity index (χ3n) is 2.99. The molecule has 90 valence electrons. The van der Waals surface area contributed by atoms with Gasteiger partial charge in [-0.25, -0.2) is 5.43 Å². The molecule has 0 fully saturated rings. The lowest BCUT2D eigenvalue weighted by atomic mass is 10.0. The zero-order valence-electron chi connectivity index (χ0n) is 9.71. The summed E-state index contributed by atoms with van der Waals surface area (Å²) in [5.41, 5.74) is 6.10. The van der Waals surface area contributed by atoms with Crippen molar-refractivity contribution < 1.29 is 0 Å². The summed E-state index contributed by atoms with van der Waals surface area (Å²) in [5, 5.41) is 5.28. The third-order valence-corrected chi connectivity index (χ3v) is 3.69. The van der Waals surface area contributed by atoms with Gasteiger partial charge in [0.05, 0.1) is 11.6 Å². The largest absolute Gasteiger partial charge is 0.271 e. The van der Waals surface area contributed by atoms with Crippen LogP contribution in [-0.2, 0) is 0 Å². The van der Waals surface area contributed by atoms with E-state index in [1.165, 1.54) is 5.56 Å². The first-order valence-electron chi connectivity index (χ1n) is 5.71. The van der Waals surface area contributed by atoms with Gasteiger partial charge in [0.25, 0.3) is 0 Å². The predicted molar refractivity (Wildman–Crippen MR) is 75.2 cm³/mol. The van der Waals surface area contributed by atoms with E-state index in [4.69, 9.17) is 5.84 Å².